The van der Waals surface area contributed by atoms with Crippen LogP contribution in [0.15, 0.2) is 77.9 Å². The molecular formula is C21H19N3. The Labute approximate surface area is 141 Å². The van der Waals surface area contributed by atoms with Gasteiger partial charge in [0.1, 0.15) is 0 Å². The number of aromatic nitrogens is 1. The van der Waals surface area contributed by atoms with E-state index in [2.05, 4.69) is 59.2 Å². The fraction of sp³-hybridized carbons (Fsp3) is 0.0952. The molecule has 0 aliphatic heterocycles. The Morgan fingerprint density at radius 3 is 2.38 bits per heavy atom. The van der Waals surface area contributed by atoms with Crippen molar-refractivity contribution in [1.29, 1.82) is 0 Å². The highest BCUT2D eigenvalue weighted by Crippen LogP contribution is 2.28. The number of rotatable bonds is 3. The number of fused-ring (bicyclic) bond motifs is 3. The van der Waals surface area contributed by atoms with Crippen LogP contribution in [0.4, 0.5) is 5.69 Å². The van der Waals surface area contributed by atoms with E-state index in [4.69, 9.17) is 0 Å². The van der Waals surface area contributed by atoms with Crippen LogP contribution in [0.5, 0.6) is 0 Å². The second-order valence-corrected chi connectivity index (χ2v) is 5.96. The third-order valence-corrected chi connectivity index (χ3v) is 4.45. The molecule has 0 bridgehead atoms. The average molecular weight is 313 g/mol. The van der Waals surface area contributed by atoms with Crippen LogP contribution in [-0.2, 0) is 7.05 Å². The Morgan fingerprint density at radius 2 is 1.54 bits per heavy atom. The molecule has 3 nitrogen and oxygen atoms in total. The molecule has 0 aliphatic rings. The number of nitrogens with zero attached hydrogens (tertiary/aromatic N) is 3. The normalized spacial score (nSPS) is 11.6. The first-order valence-corrected chi connectivity index (χ1v) is 8.04. The van der Waals surface area contributed by atoms with Gasteiger partial charge in [0.05, 0.1) is 11.9 Å². The third kappa shape index (κ3) is 2.44. The zero-order chi connectivity index (χ0) is 16.5. The van der Waals surface area contributed by atoms with E-state index in [0.717, 1.165) is 11.3 Å². The first-order valence-electron chi connectivity index (χ1n) is 8.04. The molecule has 0 fully saturated rings. The summed E-state index contributed by atoms with van der Waals surface area (Å²) in [6.07, 6.45) is 1.91. The third-order valence-electron chi connectivity index (χ3n) is 4.45. The zero-order valence-corrected chi connectivity index (χ0v) is 13.8. The molecule has 0 saturated heterocycles. The predicted molar refractivity (Wildman–Crippen MR) is 103 cm³/mol. The molecule has 0 aliphatic carbocycles. The molecule has 0 amide bonds. The molecule has 4 aromatic rings. The summed E-state index contributed by atoms with van der Waals surface area (Å²) in [4.78, 5) is 0. The molecule has 1 aromatic heterocycles. The van der Waals surface area contributed by atoms with Crippen molar-refractivity contribution >= 4 is 33.7 Å². The van der Waals surface area contributed by atoms with Crippen LogP contribution in [0.1, 0.15) is 5.56 Å². The summed E-state index contributed by atoms with van der Waals surface area (Å²) in [6.45, 7) is 0. The standard InChI is InChI=1S/C21H19N3/c1-23-20-11-7-6-10-18(20)19-14-16(12-13-21(19)23)15-22-24(2)17-8-4-3-5-9-17/h3-15H,1-2H3/b22-15+. The van der Waals surface area contributed by atoms with Crippen LogP contribution in [0, 0.1) is 0 Å². The molecule has 0 radical (unpaired) electrons. The maximum absolute atomic E-state index is 4.56. The Hall–Kier alpha value is -3.07. The highest BCUT2D eigenvalue weighted by molar-refractivity contribution is 6.09. The molecule has 4 rings (SSSR count). The maximum atomic E-state index is 4.56. The fourth-order valence-electron chi connectivity index (χ4n) is 3.13. The van der Waals surface area contributed by atoms with Crippen molar-refractivity contribution in [2.45, 2.75) is 0 Å². The predicted octanol–water partition coefficient (Wildman–Crippen LogP) is 4.80. The maximum Gasteiger partial charge on any atom is 0.0590 e. The molecule has 3 heteroatoms. The number of benzene rings is 3. The number of hydrogen-bond acceptors (Lipinski definition) is 2. The minimum Gasteiger partial charge on any atom is -0.344 e. The Balaban J connectivity index is 1.73. The average Bonchev–Trinajstić information content (AvgIpc) is 2.93. The highest BCUT2D eigenvalue weighted by atomic mass is 15.4. The Bertz CT molecular complexity index is 1030. The quantitative estimate of drug-likeness (QED) is 0.393. The van der Waals surface area contributed by atoms with E-state index in [0.29, 0.717) is 0 Å². The SMILES string of the molecule is CN(/N=C/c1ccc2c(c1)c1ccccc1n2C)c1ccccc1. The van der Waals surface area contributed by atoms with Crippen LogP contribution < -0.4 is 5.01 Å². The van der Waals surface area contributed by atoms with Gasteiger partial charge in [-0.05, 0) is 35.9 Å². The van der Waals surface area contributed by atoms with Crippen LogP contribution in [0.25, 0.3) is 21.8 Å². The van der Waals surface area contributed by atoms with Crippen LogP contribution in [0.3, 0.4) is 0 Å². The van der Waals surface area contributed by atoms with Crippen molar-refractivity contribution in [2.24, 2.45) is 12.1 Å². The van der Waals surface area contributed by atoms with Gasteiger partial charge >= 0.3 is 0 Å². The van der Waals surface area contributed by atoms with Crippen LogP contribution >= 0.6 is 0 Å². The number of anilines is 1. The summed E-state index contributed by atoms with van der Waals surface area (Å²) in [7, 11) is 4.07. The van der Waals surface area contributed by atoms with Gasteiger partial charge in [0.25, 0.3) is 0 Å². The van der Waals surface area contributed by atoms with E-state index in [1.807, 2.05) is 48.6 Å². The van der Waals surface area contributed by atoms with Gasteiger partial charge < -0.3 is 4.57 Å². The van der Waals surface area contributed by atoms with E-state index in [9.17, 15) is 0 Å². The summed E-state index contributed by atoms with van der Waals surface area (Å²) in [5.74, 6) is 0. The Kier molecular flexibility index (Phi) is 3.54. The van der Waals surface area contributed by atoms with Gasteiger partial charge in [0.15, 0.2) is 0 Å². The molecule has 0 spiro atoms. The summed E-state index contributed by atoms with van der Waals surface area (Å²) in [5.41, 5.74) is 4.66. The van der Waals surface area contributed by atoms with Gasteiger partial charge in [-0.25, -0.2) is 0 Å². The number of hydrogen-bond donors (Lipinski definition) is 0. The van der Waals surface area contributed by atoms with Crippen LogP contribution in [-0.4, -0.2) is 17.8 Å². The molecule has 24 heavy (non-hydrogen) atoms. The monoisotopic (exact) mass is 313 g/mol. The van der Waals surface area contributed by atoms with Crippen molar-refractivity contribution in [2.75, 3.05) is 12.1 Å². The lowest BCUT2D eigenvalue weighted by Crippen LogP contribution is -2.08. The second kappa shape index (κ2) is 5.85. The summed E-state index contributed by atoms with van der Waals surface area (Å²) in [5, 5.41) is 8.98. The molecule has 0 unspecified atom stereocenters. The van der Waals surface area contributed by atoms with E-state index in [-0.39, 0.29) is 0 Å². The second-order valence-electron chi connectivity index (χ2n) is 5.96. The van der Waals surface area contributed by atoms with Gasteiger partial charge in [-0.3, -0.25) is 5.01 Å². The lowest BCUT2D eigenvalue weighted by Gasteiger charge is -2.12. The largest absolute Gasteiger partial charge is 0.344 e. The minimum absolute atomic E-state index is 1.07. The summed E-state index contributed by atoms with van der Waals surface area (Å²) >= 11 is 0. The topological polar surface area (TPSA) is 20.5 Å². The first kappa shape index (κ1) is 14.5. The van der Waals surface area contributed by atoms with Gasteiger partial charge in [-0.15, -0.1) is 0 Å². The Morgan fingerprint density at radius 1 is 0.833 bits per heavy atom. The lowest BCUT2D eigenvalue weighted by molar-refractivity contribution is 1.01. The number of para-hydroxylation sites is 2. The number of hydrazone groups is 1. The molecule has 0 atom stereocenters. The smallest absolute Gasteiger partial charge is 0.0590 e. The van der Waals surface area contributed by atoms with Gasteiger partial charge in [-0.2, -0.15) is 5.10 Å². The summed E-state index contributed by atoms with van der Waals surface area (Å²) in [6, 6.07) is 25.1. The molecule has 118 valence electrons. The van der Waals surface area contributed by atoms with Gasteiger partial charge in [-0.1, -0.05) is 42.5 Å². The molecule has 0 N–H and O–H groups in total. The summed E-state index contributed by atoms with van der Waals surface area (Å²) < 4.78 is 2.24. The van der Waals surface area contributed by atoms with Crippen molar-refractivity contribution in [1.82, 2.24) is 4.57 Å². The molecule has 1 heterocycles. The molecular weight excluding hydrogens is 294 g/mol. The van der Waals surface area contributed by atoms with E-state index in [1.54, 1.807) is 0 Å². The van der Waals surface area contributed by atoms with Crippen molar-refractivity contribution < 1.29 is 0 Å². The van der Waals surface area contributed by atoms with Gasteiger partial charge in [0, 0.05) is 35.9 Å². The van der Waals surface area contributed by atoms with Crippen molar-refractivity contribution in [3.05, 3.63) is 78.4 Å². The minimum atomic E-state index is 1.07. The highest BCUT2D eigenvalue weighted by Gasteiger charge is 2.07. The van der Waals surface area contributed by atoms with Crippen molar-refractivity contribution in [3.63, 3.8) is 0 Å². The van der Waals surface area contributed by atoms with Crippen molar-refractivity contribution in [3.8, 4) is 0 Å². The molecule has 0 saturated carbocycles. The van der Waals surface area contributed by atoms with E-state index >= 15 is 0 Å². The van der Waals surface area contributed by atoms with Crippen LogP contribution in [0.2, 0.25) is 0 Å². The number of aryl methyl sites for hydroxylation is 1. The molecule has 3 aromatic carbocycles. The zero-order valence-electron chi connectivity index (χ0n) is 13.8. The van der Waals surface area contributed by atoms with Gasteiger partial charge in [0.2, 0.25) is 0 Å². The lowest BCUT2D eigenvalue weighted by atomic mass is 10.1. The van der Waals surface area contributed by atoms with E-state index < -0.39 is 0 Å². The fourth-order valence-corrected chi connectivity index (χ4v) is 3.13. The van der Waals surface area contributed by atoms with E-state index in [1.165, 1.54) is 21.8 Å². The first-order chi connectivity index (χ1) is 11.7.